The van der Waals surface area contributed by atoms with E-state index in [9.17, 15) is 9.90 Å². The van der Waals surface area contributed by atoms with E-state index < -0.39 is 12.0 Å². The number of rotatable bonds is 4. The predicted octanol–water partition coefficient (Wildman–Crippen LogP) is 3.51. The highest BCUT2D eigenvalue weighted by Crippen LogP contribution is 2.29. The molecule has 1 atom stereocenters. The van der Waals surface area contributed by atoms with E-state index in [1.165, 1.54) is 17.4 Å². The van der Waals surface area contributed by atoms with Crippen LogP contribution in [0.4, 0.5) is 5.69 Å². The standard InChI is InChI=1S/C13H9ClN2O2S/c14-9-6-8(7-15)3-4-10(9)16-12(13(17)18)11-2-1-5-19-11/h1-6,12,16H,(H,17,18). The summed E-state index contributed by atoms with van der Waals surface area (Å²) in [7, 11) is 0. The maximum Gasteiger partial charge on any atom is 0.331 e. The van der Waals surface area contributed by atoms with Crippen molar-refractivity contribution < 1.29 is 9.90 Å². The zero-order chi connectivity index (χ0) is 13.8. The summed E-state index contributed by atoms with van der Waals surface area (Å²) in [5, 5.41) is 23.0. The van der Waals surface area contributed by atoms with Gasteiger partial charge in [0.2, 0.25) is 0 Å². The molecule has 0 aliphatic carbocycles. The smallest absolute Gasteiger partial charge is 0.331 e. The van der Waals surface area contributed by atoms with Gasteiger partial charge in [-0.1, -0.05) is 17.7 Å². The van der Waals surface area contributed by atoms with E-state index in [0.717, 1.165) is 0 Å². The Morgan fingerprint density at radius 3 is 2.79 bits per heavy atom. The third-order valence-corrected chi connectivity index (χ3v) is 3.72. The molecule has 1 aromatic heterocycles. The molecule has 0 spiro atoms. The van der Waals surface area contributed by atoms with Crippen LogP contribution in [-0.4, -0.2) is 11.1 Å². The van der Waals surface area contributed by atoms with Gasteiger partial charge in [0.05, 0.1) is 22.3 Å². The summed E-state index contributed by atoms with van der Waals surface area (Å²) in [4.78, 5) is 12.0. The van der Waals surface area contributed by atoms with Gasteiger partial charge in [-0.25, -0.2) is 4.79 Å². The Kier molecular flexibility index (Phi) is 4.05. The minimum atomic E-state index is -0.983. The van der Waals surface area contributed by atoms with Crippen molar-refractivity contribution in [2.45, 2.75) is 6.04 Å². The fraction of sp³-hybridized carbons (Fsp3) is 0.0769. The van der Waals surface area contributed by atoms with Crippen molar-refractivity contribution in [2.24, 2.45) is 0 Å². The molecule has 1 unspecified atom stereocenters. The molecule has 19 heavy (non-hydrogen) atoms. The Morgan fingerprint density at radius 2 is 2.26 bits per heavy atom. The number of anilines is 1. The summed E-state index contributed by atoms with van der Waals surface area (Å²) in [5.74, 6) is -0.983. The number of carbonyl (C=O) groups is 1. The van der Waals surface area contributed by atoms with Crippen LogP contribution >= 0.6 is 22.9 Å². The summed E-state index contributed by atoms with van der Waals surface area (Å²) < 4.78 is 0. The van der Waals surface area contributed by atoms with Crippen LogP contribution < -0.4 is 5.32 Å². The Morgan fingerprint density at radius 1 is 1.47 bits per heavy atom. The van der Waals surface area contributed by atoms with E-state index in [4.69, 9.17) is 16.9 Å². The fourth-order valence-electron chi connectivity index (χ4n) is 1.57. The Labute approximate surface area is 118 Å². The van der Waals surface area contributed by atoms with E-state index in [2.05, 4.69) is 5.32 Å². The van der Waals surface area contributed by atoms with Crippen LogP contribution in [-0.2, 0) is 4.79 Å². The SMILES string of the molecule is N#Cc1ccc(NC(C(=O)O)c2cccs2)c(Cl)c1. The Balaban J connectivity index is 2.28. The highest BCUT2D eigenvalue weighted by atomic mass is 35.5. The number of nitrogens with zero attached hydrogens (tertiary/aromatic N) is 1. The summed E-state index contributed by atoms with van der Waals surface area (Å²) in [6, 6.07) is 9.33. The van der Waals surface area contributed by atoms with Gasteiger partial charge in [-0.3, -0.25) is 0 Å². The summed E-state index contributed by atoms with van der Waals surface area (Å²) in [6.07, 6.45) is 0. The molecule has 0 radical (unpaired) electrons. The van der Waals surface area contributed by atoms with Gasteiger partial charge in [-0.2, -0.15) is 5.26 Å². The quantitative estimate of drug-likeness (QED) is 0.904. The van der Waals surface area contributed by atoms with Gasteiger partial charge in [0, 0.05) is 4.88 Å². The van der Waals surface area contributed by atoms with Crippen LogP contribution in [0.15, 0.2) is 35.7 Å². The lowest BCUT2D eigenvalue weighted by Crippen LogP contribution is -2.19. The lowest BCUT2D eigenvalue weighted by atomic mass is 10.2. The normalized spacial score (nSPS) is 11.6. The van der Waals surface area contributed by atoms with Crippen LogP contribution in [0.2, 0.25) is 5.02 Å². The van der Waals surface area contributed by atoms with Gasteiger partial charge in [-0.05, 0) is 29.6 Å². The third kappa shape index (κ3) is 3.05. The number of hydrogen-bond acceptors (Lipinski definition) is 4. The van der Waals surface area contributed by atoms with Gasteiger partial charge in [0.1, 0.15) is 0 Å². The highest BCUT2D eigenvalue weighted by Gasteiger charge is 2.21. The van der Waals surface area contributed by atoms with Gasteiger partial charge < -0.3 is 10.4 Å². The highest BCUT2D eigenvalue weighted by molar-refractivity contribution is 7.10. The molecule has 0 aliphatic rings. The van der Waals surface area contributed by atoms with Crippen molar-refractivity contribution >= 4 is 34.6 Å². The zero-order valence-electron chi connectivity index (χ0n) is 9.63. The van der Waals surface area contributed by atoms with Gasteiger partial charge in [0.25, 0.3) is 0 Å². The predicted molar refractivity (Wildman–Crippen MR) is 74.5 cm³/mol. The van der Waals surface area contributed by atoms with E-state index in [1.54, 1.807) is 24.3 Å². The lowest BCUT2D eigenvalue weighted by Gasteiger charge is -2.15. The molecule has 0 fully saturated rings. The fourth-order valence-corrected chi connectivity index (χ4v) is 2.57. The largest absolute Gasteiger partial charge is 0.479 e. The van der Waals surface area contributed by atoms with Crippen LogP contribution in [0.1, 0.15) is 16.5 Å². The van der Waals surface area contributed by atoms with Crippen molar-refractivity contribution in [3.63, 3.8) is 0 Å². The molecular formula is C13H9ClN2O2S. The molecule has 4 nitrogen and oxygen atoms in total. The number of aliphatic carboxylic acids is 1. The van der Waals surface area contributed by atoms with E-state index >= 15 is 0 Å². The minimum Gasteiger partial charge on any atom is -0.479 e. The molecule has 0 bridgehead atoms. The van der Waals surface area contributed by atoms with Crippen LogP contribution in [0.25, 0.3) is 0 Å². The van der Waals surface area contributed by atoms with Crippen molar-refractivity contribution in [1.29, 1.82) is 5.26 Å². The van der Waals surface area contributed by atoms with Crippen LogP contribution in [0.5, 0.6) is 0 Å². The first-order valence-corrected chi connectivity index (χ1v) is 6.60. The molecule has 0 saturated carbocycles. The molecule has 2 rings (SSSR count). The Hall–Kier alpha value is -2.03. The second kappa shape index (κ2) is 5.74. The number of carboxylic acids is 1. The summed E-state index contributed by atoms with van der Waals surface area (Å²) in [6.45, 7) is 0. The topological polar surface area (TPSA) is 73.1 Å². The monoisotopic (exact) mass is 292 g/mol. The molecule has 96 valence electrons. The number of nitriles is 1. The number of carboxylic acid groups (broad SMARTS) is 1. The second-order valence-electron chi connectivity index (χ2n) is 3.74. The number of benzene rings is 1. The molecule has 1 heterocycles. The summed E-state index contributed by atoms with van der Waals surface area (Å²) >= 11 is 7.37. The molecule has 0 saturated heterocycles. The van der Waals surface area contributed by atoms with E-state index in [0.29, 0.717) is 21.2 Å². The molecule has 1 aromatic carbocycles. The van der Waals surface area contributed by atoms with Crippen molar-refractivity contribution in [2.75, 3.05) is 5.32 Å². The molecule has 0 aliphatic heterocycles. The Bertz CT molecular complexity index is 635. The van der Waals surface area contributed by atoms with Gasteiger partial charge in [0.15, 0.2) is 6.04 Å². The lowest BCUT2D eigenvalue weighted by molar-refractivity contribution is -0.138. The molecule has 2 N–H and O–H groups in total. The molecule has 0 amide bonds. The maximum atomic E-state index is 11.3. The first-order valence-electron chi connectivity index (χ1n) is 5.34. The van der Waals surface area contributed by atoms with Crippen molar-refractivity contribution in [3.05, 3.63) is 51.2 Å². The average molecular weight is 293 g/mol. The number of nitrogens with one attached hydrogen (secondary N) is 1. The number of halogens is 1. The zero-order valence-corrected chi connectivity index (χ0v) is 11.2. The minimum absolute atomic E-state index is 0.321. The van der Waals surface area contributed by atoms with Crippen molar-refractivity contribution in [3.8, 4) is 6.07 Å². The van der Waals surface area contributed by atoms with Gasteiger partial charge >= 0.3 is 5.97 Å². The molecule has 6 heteroatoms. The molecular weight excluding hydrogens is 284 g/mol. The third-order valence-electron chi connectivity index (χ3n) is 2.47. The second-order valence-corrected chi connectivity index (χ2v) is 5.12. The summed E-state index contributed by atoms with van der Waals surface area (Å²) in [5.41, 5.74) is 0.917. The van der Waals surface area contributed by atoms with Crippen LogP contribution in [0.3, 0.4) is 0 Å². The van der Waals surface area contributed by atoms with Crippen molar-refractivity contribution in [1.82, 2.24) is 0 Å². The number of hydrogen-bond donors (Lipinski definition) is 2. The maximum absolute atomic E-state index is 11.3. The molecule has 2 aromatic rings. The first-order chi connectivity index (χ1) is 9.11. The number of thiophene rings is 1. The average Bonchev–Trinajstić information content (AvgIpc) is 2.90. The first kappa shape index (κ1) is 13.4. The van der Waals surface area contributed by atoms with E-state index in [-0.39, 0.29) is 0 Å². The van der Waals surface area contributed by atoms with E-state index in [1.807, 2.05) is 11.4 Å². The van der Waals surface area contributed by atoms with Gasteiger partial charge in [-0.15, -0.1) is 11.3 Å². The van der Waals surface area contributed by atoms with Crippen LogP contribution in [0, 0.1) is 11.3 Å².